The first-order chi connectivity index (χ1) is 24.2. The zero-order chi connectivity index (χ0) is 39.5. The Morgan fingerprint density at radius 2 is 1.45 bits per heavy atom. The number of aromatic carboxylic acids is 1. The summed E-state index contributed by atoms with van der Waals surface area (Å²) in [6, 6.07) is 0.245. The molecule has 3 aromatic heterocycles. The fraction of sp³-hybridized carbons (Fsp3) is 0.757. The molecule has 16 heteroatoms. The van der Waals surface area contributed by atoms with Gasteiger partial charge in [0.25, 0.3) is 5.95 Å². The molecule has 0 bridgehead atoms. The van der Waals surface area contributed by atoms with E-state index in [1.165, 1.54) is 17.1 Å². The van der Waals surface area contributed by atoms with E-state index in [9.17, 15) is 9.90 Å². The number of nitrogens with zero attached hydrogens (tertiary/aromatic N) is 6. The van der Waals surface area contributed by atoms with Gasteiger partial charge in [-0.1, -0.05) is 75.2 Å². The van der Waals surface area contributed by atoms with E-state index >= 15 is 0 Å². The van der Waals surface area contributed by atoms with Crippen LogP contribution in [0.4, 0.5) is 5.82 Å². The zero-order valence-electron chi connectivity index (χ0n) is 34.8. The van der Waals surface area contributed by atoms with Gasteiger partial charge in [0.05, 0.1) is 24.7 Å². The third-order valence-electron chi connectivity index (χ3n) is 12.6. The van der Waals surface area contributed by atoms with Crippen LogP contribution >= 0.6 is 0 Å². The van der Waals surface area contributed by atoms with Gasteiger partial charge in [0, 0.05) is 12.2 Å². The van der Waals surface area contributed by atoms with Gasteiger partial charge < -0.3 is 28.4 Å². The topological polar surface area (TPSA) is 148 Å². The van der Waals surface area contributed by atoms with Crippen molar-refractivity contribution in [2.24, 2.45) is 0 Å². The van der Waals surface area contributed by atoms with E-state index in [1.54, 1.807) is 6.33 Å². The number of ether oxygens (including phenoxy) is 1. The van der Waals surface area contributed by atoms with Crippen LogP contribution in [0.2, 0.25) is 54.4 Å². The summed E-state index contributed by atoms with van der Waals surface area (Å²) in [6.07, 6.45) is 6.86. The number of carboxylic acid groups (broad SMARTS) is 1. The van der Waals surface area contributed by atoms with Crippen molar-refractivity contribution in [3.8, 4) is 5.95 Å². The predicted octanol–water partition coefficient (Wildman–Crippen LogP) is 8.76. The summed E-state index contributed by atoms with van der Waals surface area (Å²) < 4.78 is 32.2. The second kappa shape index (κ2) is 14.5. The minimum Gasteiger partial charge on any atom is -0.478 e. The van der Waals surface area contributed by atoms with Gasteiger partial charge in [0.2, 0.25) is 0 Å². The molecule has 1 saturated carbocycles. The molecule has 0 unspecified atom stereocenters. The summed E-state index contributed by atoms with van der Waals surface area (Å²) in [6.45, 7) is 34.2. The number of nitrogens with one attached hydrogen (secondary N) is 1. The maximum atomic E-state index is 11.8. The second-order valence-electron chi connectivity index (χ2n) is 19.6. The number of aromatic nitrogens is 6. The molecule has 0 amide bonds. The van der Waals surface area contributed by atoms with Gasteiger partial charge in [-0.25, -0.2) is 14.5 Å². The van der Waals surface area contributed by atoms with E-state index < -0.39 is 55.5 Å². The van der Waals surface area contributed by atoms with Crippen LogP contribution in [0.15, 0.2) is 18.7 Å². The van der Waals surface area contributed by atoms with Crippen molar-refractivity contribution >= 4 is 47.9 Å². The Balaban J connectivity index is 1.68. The van der Waals surface area contributed by atoms with E-state index in [0.717, 1.165) is 25.7 Å². The highest BCUT2D eigenvalue weighted by Crippen LogP contribution is 2.47. The van der Waals surface area contributed by atoms with E-state index in [4.69, 9.17) is 33.0 Å². The molecule has 0 spiro atoms. The molecule has 0 aromatic carbocycles. The van der Waals surface area contributed by atoms with Gasteiger partial charge in [0.1, 0.15) is 18.3 Å². The monoisotopic (exact) mass is 787 g/mol. The first-order valence-electron chi connectivity index (χ1n) is 19.2. The molecule has 4 heterocycles. The normalized spacial score (nSPS) is 22.6. The lowest BCUT2D eigenvalue weighted by Gasteiger charge is -2.44. The molecule has 2 N–H and O–H groups in total. The third kappa shape index (κ3) is 8.68. The van der Waals surface area contributed by atoms with Crippen LogP contribution < -0.4 is 5.32 Å². The van der Waals surface area contributed by atoms with Crippen molar-refractivity contribution in [2.45, 2.75) is 173 Å². The van der Waals surface area contributed by atoms with Crippen molar-refractivity contribution < 1.29 is 27.9 Å². The standard InChI is InChI=1S/C37H65N7O6Si3/c1-35(2,3)51(10,11)47-22-26-28(49-52(12,13)36(4,5)6)29(50-53(14,15)37(7,8)9)32(48-26)43-23-38-27-30(40-25-18-16-17-19-25)41-34(42-31(27)43)44-21-24(20-39-44)33(45)46/h20-21,23,25-26,28-29,32H,16-19,22H2,1-15H3,(H,45,46)(H,40,41,42)/t26-,28-,29+,32-/m1/s1. The average Bonchev–Trinajstić information content (AvgIpc) is 3.82. The van der Waals surface area contributed by atoms with E-state index in [2.05, 4.69) is 112 Å². The van der Waals surface area contributed by atoms with Crippen LogP contribution in [0, 0.1) is 0 Å². The number of hydrogen-bond acceptors (Lipinski definition) is 10. The molecule has 13 nitrogen and oxygen atoms in total. The highest BCUT2D eigenvalue weighted by Gasteiger charge is 2.55. The number of fused-ring (bicyclic) bond motifs is 1. The zero-order valence-corrected chi connectivity index (χ0v) is 37.8. The largest absolute Gasteiger partial charge is 0.478 e. The van der Waals surface area contributed by atoms with E-state index in [-0.39, 0.29) is 32.7 Å². The van der Waals surface area contributed by atoms with Crippen LogP contribution in [-0.4, -0.2) is 96.3 Å². The predicted molar refractivity (Wildman–Crippen MR) is 216 cm³/mol. The molecular formula is C37H65N7O6Si3. The Bertz CT molecular complexity index is 1770. The Labute approximate surface area is 319 Å². The van der Waals surface area contributed by atoms with Gasteiger partial charge in [-0.3, -0.25) is 4.57 Å². The molecule has 1 saturated heterocycles. The van der Waals surface area contributed by atoms with Crippen molar-refractivity contribution in [3.63, 3.8) is 0 Å². The minimum atomic E-state index is -2.41. The summed E-state index contributed by atoms with van der Waals surface area (Å²) in [5.74, 6) is -0.260. The van der Waals surface area contributed by atoms with E-state index in [1.807, 2.05) is 4.57 Å². The fourth-order valence-electron chi connectivity index (χ4n) is 5.98. The van der Waals surface area contributed by atoms with Crippen LogP contribution in [0.5, 0.6) is 0 Å². The number of rotatable bonds is 12. The Kier molecular flexibility index (Phi) is 11.4. The maximum absolute atomic E-state index is 11.8. The van der Waals surface area contributed by atoms with Crippen LogP contribution in [-0.2, 0) is 18.0 Å². The van der Waals surface area contributed by atoms with Gasteiger partial charge in [-0.15, -0.1) is 0 Å². The maximum Gasteiger partial charge on any atom is 0.338 e. The molecule has 3 aromatic rings. The summed E-state index contributed by atoms with van der Waals surface area (Å²) >= 11 is 0. The lowest BCUT2D eigenvalue weighted by atomic mass is 10.1. The minimum absolute atomic E-state index is 0.0153. The second-order valence-corrected chi connectivity index (χ2v) is 33.9. The van der Waals surface area contributed by atoms with Crippen molar-refractivity contribution in [1.82, 2.24) is 29.3 Å². The molecule has 5 rings (SSSR count). The third-order valence-corrected chi connectivity index (χ3v) is 26.0. The molecule has 1 aliphatic carbocycles. The highest BCUT2D eigenvalue weighted by atomic mass is 28.4. The molecular weight excluding hydrogens is 723 g/mol. The first kappa shape index (κ1) is 41.7. The van der Waals surface area contributed by atoms with E-state index in [0.29, 0.717) is 23.6 Å². The Hall–Kier alpha value is -2.48. The summed E-state index contributed by atoms with van der Waals surface area (Å²) in [4.78, 5) is 26.5. The SMILES string of the molecule is CC(C)(C)[Si](C)(C)OC[C@H]1O[C@@H](n2cnc3c(NC4CCCC4)nc(-n4cc(C(=O)O)cn4)nc32)[C@@H](O[Si](C)(C)C(C)(C)C)[C@@H]1O[Si](C)(C)C(C)(C)C. The van der Waals surface area contributed by atoms with Gasteiger partial charge in [0.15, 0.2) is 48.2 Å². The number of anilines is 1. The first-order valence-corrected chi connectivity index (χ1v) is 27.9. The fourth-order valence-corrected chi connectivity index (χ4v) is 9.59. The van der Waals surface area contributed by atoms with Gasteiger partial charge >= 0.3 is 5.97 Å². The van der Waals surface area contributed by atoms with Crippen LogP contribution in [0.25, 0.3) is 17.1 Å². The molecule has 0 radical (unpaired) electrons. The quantitative estimate of drug-likeness (QED) is 0.170. The molecule has 4 atom stereocenters. The number of carboxylic acids is 1. The van der Waals surface area contributed by atoms with Gasteiger partial charge in [-0.05, 0) is 67.2 Å². The van der Waals surface area contributed by atoms with Crippen LogP contribution in [0.1, 0.15) is 105 Å². The lowest BCUT2D eigenvalue weighted by Crippen LogP contribution is -2.54. The lowest BCUT2D eigenvalue weighted by molar-refractivity contribution is -0.0470. The number of carbonyl (C=O) groups is 1. The van der Waals surface area contributed by atoms with Crippen molar-refractivity contribution in [3.05, 3.63) is 24.3 Å². The molecule has 1 aliphatic heterocycles. The molecule has 2 fully saturated rings. The Morgan fingerprint density at radius 1 is 0.887 bits per heavy atom. The average molecular weight is 788 g/mol. The van der Waals surface area contributed by atoms with Crippen molar-refractivity contribution in [2.75, 3.05) is 11.9 Å². The summed E-state index contributed by atoms with van der Waals surface area (Å²) in [7, 11) is -6.92. The summed E-state index contributed by atoms with van der Waals surface area (Å²) in [5, 5.41) is 17.5. The van der Waals surface area contributed by atoms with Gasteiger partial charge in [-0.2, -0.15) is 15.1 Å². The molecule has 296 valence electrons. The van der Waals surface area contributed by atoms with Crippen LogP contribution in [0.3, 0.4) is 0 Å². The number of hydrogen-bond donors (Lipinski definition) is 2. The molecule has 2 aliphatic rings. The summed E-state index contributed by atoms with van der Waals surface area (Å²) in [5.41, 5.74) is 1.18. The Morgan fingerprint density at radius 3 is 1.98 bits per heavy atom. The smallest absolute Gasteiger partial charge is 0.338 e. The van der Waals surface area contributed by atoms with Crippen molar-refractivity contribution in [1.29, 1.82) is 0 Å². The number of imidazole rings is 1. The molecule has 53 heavy (non-hydrogen) atoms. The highest BCUT2D eigenvalue weighted by molar-refractivity contribution is 6.75.